The molecule has 4 heteroatoms. The van der Waals surface area contributed by atoms with Gasteiger partial charge in [-0.1, -0.05) is 17.5 Å². The molecule has 0 fully saturated rings. The minimum absolute atomic E-state index is 0.0587. The van der Waals surface area contributed by atoms with Gasteiger partial charge in [-0.15, -0.1) is 6.42 Å². The van der Waals surface area contributed by atoms with Gasteiger partial charge in [0, 0.05) is 12.1 Å². The Hall–Kier alpha value is -1.53. The highest BCUT2D eigenvalue weighted by atomic mass is 35.5. The van der Waals surface area contributed by atoms with E-state index in [9.17, 15) is 5.11 Å². The number of halogens is 1. The van der Waals surface area contributed by atoms with E-state index in [0.29, 0.717) is 11.5 Å². The van der Waals surface area contributed by atoms with Gasteiger partial charge in [-0.3, -0.25) is 0 Å². The molecule has 0 aliphatic carbocycles. The van der Waals surface area contributed by atoms with Gasteiger partial charge in [0.2, 0.25) is 0 Å². The number of hydrogen-bond acceptors (Lipinski definition) is 3. The summed E-state index contributed by atoms with van der Waals surface area (Å²) in [6, 6.07) is 2.82. The number of phenolic OH excluding ortho intramolecular Hbond substituents is 1. The molecular weight excluding hydrogens is 204 g/mol. The zero-order valence-corrected chi connectivity index (χ0v) is 8.34. The van der Waals surface area contributed by atoms with E-state index in [-0.39, 0.29) is 17.4 Å². The molecule has 0 heterocycles. The highest BCUT2D eigenvalue weighted by Gasteiger charge is 2.08. The Balaban J connectivity index is 3.02. The van der Waals surface area contributed by atoms with Gasteiger partial charge in [-0.05, 0) is 0 Å². The zero-order chi connectivity index (χ0) is 10.6. The molecule has 0 bridgehead atoms. The molecule has 0 radical (unpaired) electrons. The van der Waals surface area contributed by atoms with Crippen molar-refractivity contribution in [3.8, 4) is 29.6 Å². The summed E-state index contributed by atoms with van der Waals surface area (Å²) in [5.41, 5.74) is 0. The van der Waals surface area contributed by atoms with Crippen LogP contribution in [0.4, 0.5) is 0 Å². The Kier molecular flexibility index (Phi) is 3.49. The molecule has 14 heavy (non-hydrogen) atoms. The van der Waals surface area contributed by atoms with Crippen molar-refractivity contribution >= 4 is 11.6 Å². The molecule has 0 aliphatic rings. The average molecular weight is 213 g/mol. The summed E-state index contributed by atoms with van der Waals surface area (Å²) in [7, 11) is 1.46. The minimum atomic E-state index is -0.0587. The smallest absolute Gasteiger partial charge is 0.164 e. The number of hydrogen-bond donors (Lipinski definition) is 1. The summed E-state index contributed by atoms with van der Waals surface area (Å²) in [5, 5.41) is 9.47. The van der Waals surface area contributed by atoms with Crippen molar-refractivity contribution in [2.45, 2.75) is 0 Å². The lowest BCUT2D eigenvalue weighted by Gasteiger charge is -2.09. The summed E-state index contributed by atoms with van der Waals surface area (Å²) in [6.45, 7) is 0.122. The fourth-order valence-electron chi connectivity index (χ4n) is 0.916. The lowest BCUT2D eigenvalue weighted by molar-refractivity contribution is 0.328. The van der Waals surface area contributed by atoms with E-state index in [1.165, 1.54) is 19.2 Å². The van der Waals surface area contributed by atoms with Crippen LogP contribution >= 0.6 is 11.6 Å². The average Bonchev–Trinajstić information content (AvgIpc) is 2.19. The first kappa shape index (κ1) is 10.6. The van der Waals surface area contributed by atoms with Crippen molar-refractivity contribution in [1.29, 1.82) is 0 Å². The molecule has 1 rings (SSSR count). The second kappa shape index (κ2) is 4.64. The zero-order valence-electron chi connectivity index (χ0n) is 7.58. The molecule has 3 nitrogen and oxygen atoms in total. The van der Waals surface area contributed by atoms with E-state index in [1.54, 1.807) is 0 Å². The van der Waals surface area contributed by atoms with Crippen LogP contribution in [-0.2, 0) is 0 Å². The number of rotatable bonds is 3. The molecule has 1 N–H and O–H groups in total. The molecule has 0 atom stereocenters. The second-order valence-corrected chi connectivity index (χ2v) is 2.85. The first-order chi connectivity index (χ1) is 6.69. The van der Waals surface area contributed by atoms with Gasteiger partial charge in [0.15, 0.2) is 11.5 Å². The molecule has 74 valence electrons. The van der Waals surface area contributed by atoms with Crippen molar-refractivity contribution in [3.63, 3.8) is 0 Å². The summed E-state index contributed by atoms with van der Waals surface area (Å²) in [4.78, 5) is 0. The third-order valence-electron chi connectivity index (χ3n) is 1.54. The minimum Gasteiger partial charge on any atom is -0.506 e. The molecule has 0 amide bonds. The molecule has 0 spiro atoms. The number of terminal acetylenes is 1. The third-order valence-corrected chi connectivity index (χ3v) is 1.85. The van der Waals surface area contributed by atoms with Crippen molar-refractivity contribution < 1.29 is 14.6 Å². The van der Waals surface area contributed by atoms with Crippen LogP contribution in [0, 0.1) is 12.3 Å². The maximum Gasteiger partial charge on any atom is 0.164 e. The molecular formula is C10H9ClO3. The normalized spacial score (nSPS) is 9.21. The Labute approximate surface area is 87.2 Å². The standard InChI is InChI=1S/C10H9ClO3/c1-3-4-14-10-5-7(11)8(12)6-9(10)13-2/h1,5-6,12H,4H2,2H3. The van der Waals surface area contributed by atoms with Crippen LogP contribution in [-0.4, -0.2) is 18.8 Å². The molecule has 0 saturated heterocycles. The maximum absolute atomic E-state index is 9.27. The number of ether oxygens (including phenoxy) is 2. The van der Waals surface area contributed by atoms with Gasteiger partial charge in [0.05, 0.1) is 12.1 Å². The molecule has 0 unspecified atom stereocenters. The number of methoxy groups -OCH3 is 1. The predicted molar refractivity (Wildman–Crippen MR) is 54.0 cm³/mol. The highest BCUT2D eigenvalue weighted by Crippen LogP contribution is 2.36. The SMILES string of the molecule is C#CCOc1cc(Cl)c(O)cc1OC. The van der Waals surface area contributed by atoms with Gasteiger partial charge < -0.3 is 14.6 Å². The summed E-state index contributed by atoms with van der Waals surface area (Å²) < 4.78 is 10.1. The van der Waals surface area contributed by atoms with Crippen LogP contribution in [0.3, 0.4) is 0 Å². The summed E-state index contributed by atoms with van der Waals surface area (Å²) in [5.74, 6) is 3.06. The largest absolute Gasteiger partial charge is 0.506 e. The lowest BCUT2D eigenvalue weighted by Crippen LogP contribution is -1.96. The molecule has 1 aromatic rings. The van der Waals surface area contributed by atoms with Crippen molar-refractivity contribution in [1.82, 2.24) is 0 Å². The summed E-state index contributed by atoms with van der Waals surface area (Å²) in [6.07, 6.45) is 5.04. The van der Waals surface area contributed by atoms with Crippen LogP contribution in [0.25, 0.3) is 0 Å². The van der Waals surface area contributed by atoms with E-state index < -0.39 is 0 Å². The Bertz CT molecular complexity index is 368. The topological polar surface area (TPSA) is 38.7 Å². The van der Waals surface area contributed by atoms with Gasteiger partial charge in [0.1, 0.15) is 12.4 Å². The predicted octanol–water partition coefficient (Wildman–Crippen LogP) is 2.07. The van der Waals surface area contributed by atoms with E-state index in [2.05, 4.69) is 5.92 Å². The van der Waals surface area contributed by atoms with Crippen molar-refractivity contribution in [3.05, 3.63) is 17.2 Å². The Morgan fingerprint density at radius 2 is 2.21 bits per heavy atom. The fraction of sp³-hybridized carbons (Fsp3) is 0.200. The van der Waals surface area contributed by atoms with Crippen LogP contribution < -0.4 is 9.47 Å². The van der Waals surface area contributed by atoms with Crippen molar-refractivity contribution in [2.24, 2.45) is 0 Å². The number of aromatic hydroxyl groups is 1. The van der Waals surface area contributed by atoms with E-state index >= 15 is 0 Å². The lowest BCUT2D eigenvalue weighted by atomic mass is 10.3. The third kappa shape index (κ3) is 2.24. The Morgan fingerprint density at radius 3 is 2.79 bits per heavy atom. The fourth-order valence-corrected chi connectivity index (χ4v) is 1.07. The second-order valence-electron chi connectivity index (χ2n) is 2.45. The molecule has 0 saturated carbocycles. The molecule has 1 aromatic carbocycles. The monoisotopic (exact) mass is 212 g/mol. The highest BCUT2D eigenvalue weighted by molar-refractivity contribution is 6.32. The number of phenols is 1. The van der Waals surface area contributed by atoms with E-state index in [1.807, 2.05) is 0 Å². The van der Waals surface area contributed by atoms with Gasteiger partial charge in [0.25, 0.3) is 0 Å². The van der Waals surface area contributed by atoms with E-state index in [4.69, 9.17) is 27.5 Å². The quantitative estimate of drug-likeness (QED) is 0.780. The Morgan fingerprint density at radius 1 is 1.50 bits per heavy atom. The maximum atomic E-state index is 9.27. The summed E-state index contributed by atoms with van der Waals surface area (Å²) >= 11 is 5.68. The van der Waals surface area contributed by atoms with Crippen LogP contribution in [0.5, 0.6) is 17.2 Å². The molecule has 0 aliphatic heterocycles. The molecule has 0 aromatic heterocycles. The van der Waals surface area contributed by atoms with Crippen LogP contribution in [0.1, 0.15) is 0 Å². The van der Waals surface area contributed by atoms with Gasteiger partial charge in [-0.2, -0.15) is 0 Å². The number of benzene rings is 1. The first-order valence-electron chi connectivity index (χ1n) is 3.81. The van der Waals surface area contributed by atoms with Crippen LogP contribution in [0.15, 0.2) is 12.1 Å². The first-order valence-corrected chi connectivity index (χ1v) is 4.19. The van der Waals surface area contributed by atoms with Crippen LogP contribution in [0.2, 0.25) is 5.02 Å². The van der Waals surface area contributed by atoms with Gasteiger partial charge >= 0.3 is 0 Å². The van der Waals surface area contributed by atoms with Gasteiger partial charge in [-0.25, -0.2) is 0 Å². The van der Waals surface area contributed by atoms with Crippen molar-refractivity contribution in [2.75, 3.05) is 13.7 Å². The van der Waals surface area contributed by atoms with E-state index in [0.717, 1.165) is 0 Å².